The molecule has 0 aliphatic rings. The quantitative estimate of drug-likeness (QED) is 0.617. The summed E-state index contributed by atoms with van der Waals surface area (Å²) >= 11 is 1.21. The van der Waals surface area contributed by atoms with Crippen LogP contribution in [0.2, 0.25) is 0 Å². The summed E-state index contributed by atoms with van der Waals surface area (Å²) in [7, 11) is 1.40. The number of hydrogen-bond acceptors (Lipinski definition) is 2. The van der Waals surface area contributed by atoms with Gasteiger partial charge in [0.05, 0.1) is 0 Å². The second-order valence-electron chi connectivity index (χ2n) is 2.44. The minimum atomic E-state index is -0.259. The first-order chi connectivity index (χ1) is 5.77. The summed E-state index contributed by atoms with van der Waals surface area (Å²) in [5.74, 6) is -0.259. The van der Waals surface area contributed by atoms with Gasteiger partial charge in [0.15, 0.2) is 0 Å². The van der Waals surface area contributed by atoms with Crippen LogP contribution >= 0.6 is 17.0 Å². The molecule has 0 unspecified atom stereocenters. The summed E-state index contributed by atoms with van der Waals surface area (Å²) in [6.45, 7) is 0. The van der Waals surface area contributed by atoms with Gasteiger partial charge in [0, 0.05) is 0 Å². The zero-order valence-corrected chi connectivity index (χ0v) is 12.1. The van der Waals surface area contributed by atoms with Crippen molar-refractivity contribution >= 4 is 23.0 Å². The van der Waals surface area contributed by atoms with Gasteiger partial charge in [-0.25, -0.2) is 0 Å². The predicted molar refractivity (Wildman–Crippen MR) is 51.8 cm³/mol. The number of halogens is 1. The van der Waals surface area contributed by atoms with Crippen molar-refractivity contribution in [3.8, 4) is 0 Å². The SMILES string of the molecule is Br.COC(=O)c1cccc([CH2][Zn])c1. The van der Waals surface area contributed by atoms with Crippen LogP contribution in [-0.2, 0) is 28.1 Å². The van der Waals surface area contributed by atoms with Crippen LogP contribution in [0.5, 0.6) is 0 Å². The van der Waals surface area contributed by atoms with E-state index >= 15 is 0 Å². The third-order valence-electron chi connectivity index (χ3n) is 1.64. The van der Waals surface area contributed by atoms with Crippen LogP contribution in [-0.4, -0.2) is 13.1 Å². The van der Waals surface area contributed by atoms with Crippen molar-refractivity contribution in [2.45, 2.75) is 5.02 Å². The Morgan fingerprint density at radius 1 is 1.54 bits per heavy atom. The Morgan fingerprint density at radius 3 is 2.77 bits per heavy atom. The van der Waals surface area contributed by atoms with Gasteiger partial charge in [0.1, 0.15) is 0 Å². The Balaban J connectivity index is 0.00000144. The predicted octanol–water partition coefficient (Wildman–Crippen LogP) is 2.10. The topological polar surface area (TPSA) is 26.3 Å². The number of hydrogen-bond donors (Lipinski definition) is 0. The van der Waals surface area contributed by atoms with Crippen LogP contribution in [0.4, 0.5) is 0 Å². The summed E-state index contributed by atoms with van der Waals surface area (Å²) in [5.41, 5.74) is 1.85. The van der Waals surface area contributed by atoms with Crippen molar-refractivity contribution in [3.63, 3.8) is 0 Å². The van der Waals surface area contributed by atoms with Gasteiger partial charge in [-0.1, -0.05) is 0 Å². The molecule has 1 rings (SSSR count). The normalized spacial score (nSPS) is 8.85. The van der Waals surface area contributed by atoms with Crippen LogP contribution in [0, 0.1) is 0 Å². The Hall–Kier alpha value is -0.207. The standard InChI is InChI=1S/C9H9O2.BrH.Zn/c1-7-4-3-5-8(6-7)9(10)11-2;;/h3-6H,1H2,2H3;1H;. The second-order valence-corrected chi connectivity index (χ2v) is 3.49. The van der Waals surface area contributed by atoms with Crippen molar-refractivity contribution < 1.29 is 27.8 Å². The molecule has 13 heavy (non-hydrogen) atoms. The molecular formula is C9H10BrO2Zn. The minimum absolute atomic E-state index is 0. The van der Waals surface area contributed by atoms with E-state index in [2.05, 4.69) is 4.74 Å². The second kappa shape index (κ2) is 6.28. The number of carbonyl (C=O) groups excluding carboxylic acids is 1. The Labute approximate surface area is 98.1 Å². The van der Waals surface area contributed by atoms with E-state index in [4.69, 9.17) is 0 Å². The van der Waals surface area contributed by atoms with Crippen LogP contribution in [0.1, 0.15) is 15.9 Å². The molecule has 0 aliphatic carbocycles. The van der Waals surface area contributed by atoms with Crippen molar-refractivity contribution in [1.29, 1.82) is 0 Å². The third kappa shape index (κ3) is 3.57. The first-order valence-corrected chi connectivity index (χ1v) is 5.84. The average molecular weight is 295 g/mol. The van der Waals surface area contributed by atoms with Gasteiger partial charge in [-0.15, -0.1) is 17.0 Å². The summed E-state index contributed by atoms with van der Waals surface area (Å²) in [6.07, 6.45) is 0. The molecule has 0 heterocycles. The number of ether oxygens (including phenoxy) is 1. The maximum absolute atomic E-state index is 11.1. The maximum atomic E-state index is 11.1. The van der Waals surface area contributed by atoms with E-state index < -0.39 is 0 Å². The fourth-order valence-corrected chi connectivity index (χ4v) is 1.62. The van der Waals surface area contributed by atoms with Gasteiger partial charge in [-0.2, -0.15) is 0 Å². The fraction of sp³-hybridized carbons (Fsp3) is 0.222. The summed E-state index contributed by atoms with van der Waals surface area (Å²) in [5, 5.41) is 1.06. The Morgan fingerprint density at radius 2 is 2.23 bits per heavy atom. The molecule has 1 aromatic carbocycles. The third-order valence-corrected chi connectivity index (χ3v) is 2.85. The summed E-state index contributed by atoms with van der Waals surface area (Å²) < 4.78 is 4.61. The van der Waals surface area contributed by atoms with E-state index in [-0.39, 0.29) is 23.0 Å². The van der Waals surface area contributed by atoms with Crippen molar-refractivity contribution in [1.82, 2.24) is 0 Å². The molecule has 0 bridgehead atoms. The van der Waals surface area contributed by atoms with E-state index in [0.717, 1.165) is 5.02 Å². The number of carbonyl (C=O) groups is 1. The van der Waals surface area contributed by atoms with Gasteiger partial charge in [-0.3, -0.25) is 0 Å². The average Bonchev–Trinajstić information content (AvgIpc) is 2.17. The molecule has 0 N–H and O–H groups in total. The molecule has 0 atom stereocenters. The van der Waals surface area contributed by atoms with E-state index in [9.17, 15) is 4.79 Å². The zero-order chi connectivity index (χ0) is 8.97. The number of rotatable bonds is 2. The van der Waals surface area contributed by atoms with E-state index in [1.807, 2.05) is 18.2 Å². The first kappa shape index (κ1) is 12.8. The molecule has 0 amide bonds. The molecule has 2 nitrogen and oxygen atoms in total. The van der Waals surface area contributed by atoms with Crippen LogP contribution in [0.3, 0.4) is 0 Å². The molecular weight excluding hydrogens is 285 g/mol. The van der Waals surface area contributed by atoms with Gasteiger partial charge in [0.25, 0.3) is 0 Å². The van der Waals surface area contributed by atoms with Gasteiger partial charge >= 0.3 is 81.3 Å². The zero-order valence-electron chi connectivity index (χ0n) is 7.45. The number of methoxy groups -OCH3 is 1. The van der Waals surface area contributed by atoms with Crippen molar-refractivity contribution in [2.75, 3.05) is 7.11 Å². The van der Waals surface area contributed by atoms with E-state index in [1.165, 1.54) is 31.0 Å². The van der Waals surface area contributed by atoms with Gasteiger partial charge < -0.3 is 0 Å². The number of esters is 1. The van der Waals surface area contributed by atoms with E-state index in [1.54, 1.807) is 6.07 Å². The number of benzene rings is 1. The molecule has 0 saturated carbocycles. The monoisotopic (exact) mass is 293 g/mol. The van der Waals surface area contributed by atoms with E-state index in [0.29, 0.717) is 5.56 Å². The van der Waals surface area contributed by atoms with Gasteiger partial charge in [0.2, 0.25) is 0 Å². The van der Waals surface area contributed by atoms with Crippen LogP contribution < -0.4 is 0 Å². The molecule has 0 saturated heterocycles. The van der Waals surface area contributed by atoms with Gasteiger partial charge in [-0.05, 0) is 0 Å². The molecule has 4 heteroatoms. The van der Waals surface area contributed by atoms with Crippen LogP contribution in [0.25, 0.3) is 0 Å². The van der Waals surface area contributed by atoms with Crippen molar-refractivity contribution in [2.24, 2.45) is 0 Å². The Kier molecular flexibility index (Phi) is 6.18. The molecule has 0 radical (unpaired) electrons. The molecule has 67 valence electrons. The van der Waals surface area contributed by atoms with Crippen LogP contribution in [0.15, 0.2) is 24.3 Å². The Bertz CT molecular complexity index is 289. The summed E-state index contributed by atoms with van der Waals surface area (Å²) in [6, 6.07) is 7.56. The first-order valence-electron chi connectivity index (χ1n) is 3.74. The molecule has 0 fully saturated rings. The van der Waals surface area contributed by atoms with Crippen molar-refractivity contribution in [3.05, 3.63) is 35.4 Å². The molecule has 1 aromatic rings. The summed E-state index contributed by atoms with van der Waals surface area (Å²) in [4.78, 5) is 11.1. The molecule has 0 spiro atoms. The fourth-order valence-electron chi connectivity index (χ4n) is 0.972. The molecule has 0 aromatic heterocycles. The molecule has 0 aliphatic heterocycles.